The molecule has 2 rings (SSSR count). The summed E-state index contributed by atoms with van der Waals surface area (Å²) in [5, 5.41) is 6.12. The van der Waals surface area contributed by atoms with Crippen molar-refractivity contribution in [2.24, 2.45) is 0 Å². The Morgan fingerprint density at radius 1 is 1.47 bits per heavy atom. The molecule has 17 heavy (non-hydrogen) atoms. The fourth-order valence-electron chi connectivity index (χ4n) is 2.04. The minimum atomic E-state index is -0.0104. The number of anilines is 1. The van der Waals surface area contributed by atoms with E-state index in [0.717, 1.165) is 10.2 Å². The number of aromatic nitrogens is 1. The molecule has 2 N–H and O–H groups in total. The van der Waals surface area contributed by atoms with E-state index in [-0.39, 0.29) is 5.91 Å². The van der Waals surface area contributed by atoms with Gasteiger partial charge in [0, 0.05) is 18.4 Å². The number of amides is 1. The van der Waals surface area contributed by atoms with Crippen LogP contribution in [0.4, 0.5) is 5.69 Å². The molecule has 0 aliphatic heterocycles. The van der Waals surface area contributed by atoms with E-state index in [1.165, 1.54) is 25.7 Å². The highest BCUT2D eigenvalue weighted by Gasteiger charge is 2.15. The monoisotopic (exact) mass is 297 g/mol. The minimum absolute atomic E-state index is 0.0104. The normalized spacial score (nSPS) is 16.1. The van der Waals surface area contributed by atoms with Gasteiger partial charge in [-0.15, -0.1) is 0 Å². The van der Waals surface area contributed by atoms with Gasteiger partial charge in [-0.3, -0.25) is 9.78 Å². The van der Waals surface area contributed by atoms with Gasteiger partial charge in [0.15, 0.2) is 0 Å². The van der Waals surface area contributed by atoms with Crippen molar-refractivity contribution in [2.45, 2.75) is 31.7 Å². The molecule has 1 heterocycles. The van der Waals surface area contributed by atoms with Crippen LogP contribution in [0.5, 0.6) is 0 Å². The van der Waals surface area contributed by atoms with Gasteiger partial charge in [0.2, 0.25) is 5.91 Å². The van der Waals surface area contributed by atoms with Gasteiger partial charge in [-0.25, -0.2) is 0 Å². The van der Waals surface area contributed by atoms with Crippen molar-refractivity contribution in [3.05, 3.63) is 22.9 Å². The van der Waals surface area contributed by atoms with E-state index in [4.69, 9.17) is 0 Å². The molecule has 4 nitrogen and oxygen atoms in total. The predicted molar refractivity (Wildman–Crippen MR) is 70.8 cm³/mol. The maximum absolute atomic E-state index is 11.7. The first kappa shape index (κ1) is 12.5. The van der Waals surface area contributed by atoms with Crippen LogP contribution in [0.25, 0.3) is 0 Å². The average Bonchev–Trinajstić information content (AvgIpc) is 2.82. The molecule has 5 heteroatoms. The highest BCUT2D eigenvalue weighted by atomic mass is 79.9. The number of hydrogen-bond donors (Lipinski definition) is 2. The van der Waals surface area contributed by atoms with Crippen molar-refractivity contribution in [2.75, 3.05) is 11.9 Å². The quantitative estimate of drug-likeness (QED) is 0.897. The van der Waals surface area contributed by atoms with Gasteiger partial charge in [-0.2, -0.15) is 0 Å². The number of pyridine rings is 1. The van der Waals surface area contributed by atoms with E-state index >= 15 is 0 Å². The smallest absolute Gasteiger partial charge is 0.238 e. The number of carbonyl (C=O) groups excluding carboxylic acids is 1. The number of nitrogens with one attached hydrogen (secondary N) is 2. The minimum Gasteiger partial charge on any atom is -0.324 e. The molecule has 1 aromatic heterocycles. The molecule has 1 aliphatic rings. The third-order valence-electron chi connectivity index (χ3n) is 2.95. The second kappa shape index (κ2) is 6.12. The van der Waals surface area contributed by atoms with E-state index < -0.39 is 0 Å². The van der Waals surface area contributed by atoms with Gasteiger partial charge in [-0.1, -0.05) is 12.8 Å². The first-order valence-electron chi connectivity index (χ1n) is 5.88. The molecule has 0 unspecified atom stereocenters. The Labute approximate surface area is 109 Å². The molecule has 1 amide bonds. The number of nitrogens with zero attached hydrogens (tertiary/aromatic N) is 1. The highest BCUT2D eigenvalue weighted by Crippen LogP contribution is 2.20. The molecule has 0 spiro atoms. The Balaban J connectivity index is 1.79. The van der Waals surface area contributed by atoms with Crippen LogP contribution >= 0.6 is 15.9 Å². The Kier molecular flexibility index (Phi) is 4.50. The average molecular weight is 298 g/mol. The van der Waals surface area contributed by atoms with E-state index in [1.54, 1.807) is 18.5 Å². The SMILES string of the molecule is O=C(CNC1CCCC1)Nc1ccncc1Br. The lowest BCUT2D eigenvalue weighted by atomic mass is 10.2. The van der Waals surface area contributed by atoms with Crippen molar-refractivity contribution in [1.29, 1.82) is 0 Å². The number of hydrogen-bond acceptors (Lipinski definition) is 3. The molecule has 1 aromatic rings. The molecule has 0 atom stereocenters. The molecule has 1 aliphatic carbocycles. The molecule has 0 radical (unpaired) electrons. The summed E-state index contributed by atoms with van der Waals surface area (Å²) >= 11 is 3.34. The lowest BCUT2D eigenvalue weighted by molar-refractivity contribution is -0.115. The Morgan fingerprint density at radius 3 is 2.94 bits per heavy atom. The summed E-state index contributed by atoms with van der Waals surface area (Å²) in [6.07, 6.45) is 8.24. The summed E-state index contributed by atoms with van der Waals surface area (Å²) in [5.74, 6) is -0.0104. The zero-order valence-corrected chi connectivity index (χ0v) is 11.2. The summed E-state index contributed by atoms with van der Waals surface area (Å²) in [5.41, 5.74) is 0.762. The van der Waals surface area contributed by atoms with Gasteiger partial charge in [0.05, 0.1) is 16.7 Å². The molecular formula is C12H16BrN3O. The molecule has 1 fully saturated rings. The predicted octanol–water partition coefficient (Wildman–Crippen LogP) is 2.31. The summed E-state index contributed by atoms with van der Waals surface area (Å²) < 4.78 is 0.800. The van der Waals surface area contributed by atoms with E-state index in [2.05, 4.69) is 31.5 Å². The highest BCUT2D eigenvalue weighted by molar-refractivity contribution is 9.10. The molecule has 0 bridgehead atoms. The second-order valence-corrected chi connectivity index (χ2v) is 5.12. The molecule has 0 saturated heterocycles. The van der Waals surface area contributed by atoms with Gasteiger partial charge >= 0.3 is 0 Å². The third kappa shape index (κ3) is 3.78. The summed E-state index contributed by atoms with van der Waals surface area (Å²) in [7, 11) is 0. The van der Waals surface area contributed by atoms with Gasteiger partial charge in [0.25, 0.3) is 0 Å². The van der Waals surface area contributed by atoms with Crippen molar-refractivity contribution in [3.8, 4) is 0 Å². The maximum Gasteiger partial charge on any atom is 0.238 e. The molecule has 1 saturated carbocycles. The largest absolute Gasteiger partial charge is 0.324 e. The van der Waals surface area contributed by atoms with Gasteiger partial charge < -0.3 is 10.6 Å². The molecule has 92 valence electrons. The van der Waals surface area contributed by atoms with Crippen LogP contribution in [0, 0.1) is 0 Å². The first-order chi connectivity index (χ1) is 8.25. The van der Waals surface area contributed by atoms with Crippen molar-refractivity contribution < 1.29 is 4.79 Å². The third-order valence-corrected chi connectivity index (χ3v) is 3.58. The Morgan fingerprint density at radius 2 is 2.24 bits per heavy atom. The van der Waals surface area contributed by atoms with E-state index in [9.17, 15) is 4.79 Å². The molecule has 0 aromatic carbocycles. The fourth-order valence-corrected chi connectivity index (χ4v) is 2.39. The van der Waals surface area contributed by atoms with Gasteiger partial charge in [-0.05, 0) is 34.8 Å². The fraction of sp³-hybridized carbons (Fsp3) is 0.500. The lowest BCUT2D eigenvalue weighted by Gasteiger charge is -2.12. The number of carbonyl (C=O) groups is 1. The maximum atomic E-state index is 11.7. The zero-order valence-electron chi connectivity index (χ0n) is 9.58. The van der Waals surface area contributed by atoms with Crippen molar-refractivity contribution in [3.63, 3.8) is 0 Å². The summed E-state index contributed by atoms with van der Waals surface area (Å²) in [4.78, 5) is 15.7. The van der Waals surface area contributed by atoms with Crippen LogP contribution in [0.3, 0.4) is 0 Å². The standard InChI is InChI=1S/C12H16BrN3O/c13-10-7-14-6-5-11(10)16-12(17)8-15-9-3-1-2-4-9/h5-7,9,15H,1-4,8H2,(H,14,16,17). The first-order valence-corrected chi connectivity index (χ1v) is 6.68. The topological polar surface area (TPSA) is 54.0 Å². The lowest BCUT2D eigenvalue weighted by Crippen LogP contribution is -2.34. The zero-order chi connectivity index (χ0) is 12.1. The van der Waals surface area contributed by atoms with E-state index in [0.29, 0.717) is 12.6 Å². The second-order valence-electron chi connectivity index (χ2n) is 4.27. The van der Waals surface area contributed by atoms with Crippen LogP contribution in [0.2, 0.25) is 0 Å². The van der Waals surface area contributed by atoms with Crippen LogP contribution in [-0.2, 0) is 4.79 Å². The summed E-state index contributed by atoms with van der Waals surface area (Å²) in [6, 6.07) is 2.29. The summed E-state index contributed by atoms with van der Waals surface area (Å²) in [6.45, 7) is 0.374. The van der Waals surface area contributed by atoms with E-state index in [1.807, 2.05) is 0 Å². The van der Waals surface area contributed by atoms with Crippen LogP contribution in [0.15, 0.2) is 22.9 Å². The Hall–Kier alpha value is -0.940. The van der Waals surface area contributed by atoms with Crippen LogP contribution < -0.4 is 10.6 Å². The van der Waals surface area contributed by atoms with Crippen LogP contribution in [0.1, 0.15) is 25.7 Å². The van der Waals surface area contributed by atoms with Crippen molar-refractivity contribution >= 4 is 27.5 Å². The van der Waals surface area contributed by atoms with Crippen molar-refractivity contribution in [1.82, 2.24) is 10.3 Å². The number of rotatable bonds is 4. The van der Waals surface area contributed by atoms with Crippen LogP contribution in [-0.4, -0.2) is 23.5 Å². The number of halogens is 1. The Bertz CT molecular complexity index is 391. The molecular weight excluding hydrogens is 282 g/mol. The van der Waals surface area contributed by atoms with Gasteiger partial charge in [0.1, 0.15) is 0 Å².